The summed E-state index contributed by atoms with van der Waals surface area (Å²) in [5.41, 5.74) is 8.44. The van der Waals surface area contributed by atoms with E-state index in [0.29, 0.717) is 5.41 Å². The number of allylic oxidation sites excluding steroid dienone is 2. The third kappa shape index (κ3) is 10.3. The molecule has 206 valence electrons. The number of hydrogen-bond donors (Lipinski definition) is 0. The van der Waals surface area contributed by atoms with Crippen LogP contribution in [0.5, 0.6) is 0 Å². The van der Waals surface area contributed by atoms with E-state index < -0.39 is 0 Å². The van der Waals surface area contributed by atoms with Crippen LogP contribution in [0.1, 0.15) is 156 Å². The third-order valence-electron chi connectivity index (χ3n) is 9.16. The average Bonchev–Trinajstić information content (AvgIpc) is 3.66. The Balaban J connectivity index is 1.47. The van der Waals surface area contributed by atoms with Crippen LogP contribution in [0.3, 0.4) is 0 Å². The highest BCUT2D eigenvalue weighted by Crippen LogP contribution is 2.39. The van der Waals surface area contributed by atoms with E-state index in [9.17, 15) is 0 Å². The molecule has 1 aromatic rings. The zero-order valence-electron chi connectivity index (χ0n) is 25.9. The van der Waals surface area contributed by atoms with Gasteiger partial charge in [-0.15, -0.1) is 5.92 Å². The monoisotopic (exact) mass is 502 g/mol. The molecule has 1 aromatic carbocycles. The molecule has 0 heteroatoms. The zero-order chi connectivity index (χ0) is 27.1. The van der Waals surface area contributed by atoms with Gasteiger partial charge < -0.3 is 0 Å². The molecular formula is C37H58. The lowest BCUT2D eigenvalue weighted by molar-refractivity contribution is 0.293. The molecule has 0 nitrogen and oxygen atoms in total. The summed E-state index contributed by atoms with van der Waals surface area (Å²) in [4.78, 5) is 0. The van der Waals surface area contributed by atoms with E-state index in [1.54, 1.807) is 0 Å². The van der Waals surface area contributed by atoms with Gasteiger partial charge in [-0.3, -0.25) is 0 Å². The van der Waals surface area contributed by atoms with Crippen molar-refractivity contribution in [2.24, 2.45) is 23.2 Å². The lowest BCUT2D eigenvalue weighted by Gasteiger charge is -2.24. The normalized spacial score (nSPS) is 21.1. The van der Waals surface area contributed by atoms with Gasteiger partial charge in [0.1, 0.15) is 0 Å². The standard InChI is InChI=1S/C37H58/c1-9-13-34-22-20-30(27-35(34)37(6,7)8)26-29-15-11-16-31(21-19-29)28(2)14-10-17-32(33-23-24-33)18-12-25-36(3,4)5/h20,22,27-29,31H,10-12,14-19,21,23-26H2,1-8H3. The molecule has 0 aromatic heterocycles. The molecule has 2 fully saturated rings. The van der Waals surface area contributed by atoms with E-state index in [1.165, 1.54) is 107 Å². The minimum absolute atomic E-state index is 0.140. The second-order valence-corrected chi connectivity index (χ2v) is 14.8. The van der Waals surface area contributed by atoms with Crippen LogP contribution >= 0.6 is 0 Å². The molecule has 0 saturated heterocycles. The Morgan fingerprint density at radius 1 is 0.946 bits per heavy atom. The fourth-order valence-electron chi connectivity index (χ4n) is 6.70. The molecule has 3 rings (SSSR count). The van der Waals surface area contributed by atoms with E-state index in [2.05, 4.69) is 78.5 Å². The first-order chi connectivity index (χ1) is 17.5. The highest BCUT2D eigenvalue weighted by Gasteiger charge is 2.25. The zero-order valence-corrected chi connectivity index (χ0v) is 25.9. The van der Waals surface area contributed by atoms with E-state index in [-0.39, 0.29) is 5.41 Å². The van der Waals surface area contributed by atoms with Crippen LogP contribution in [0.15, 0.2) is 29.3 Å². The SMILES string of the molecule is CC#Cc1ccc(CC2CCCC(C(C)CCCC(CCCC(C)(C)C)=C3CC3)CC2)cc1C(C)(C)C. The lowest BCUT2D eigenvalue weighted by atomic mass is 9.81. The van der Waals surface area contributed by atoms with Crippen LogP contribution < -0.4 is 0 Å². The molecule has 0 aliphatic heterocycles. The van der Waals surface area contributed by atoms with Gasteiger partial charge in [0.2, 0.25) is 0 Å². The summed E-state index contributed by atoms with van der Waals surface area (Å²) in [5.74, 6) is 9.13. The fourth-order valence-corrected chi connectivity index (χ4v) is 6.70. The van der Waals surface area contributed by atoms with Crippen LogP contribution in [0.25, 0.3) is 0 Å². The van der Waals surface area contributed by atoms with E-state index >= 15 is 0 Å². The summed E-state index contributed by atoms with van der Waals surface area (Å²) < 4.78 is 0. The highest BCUT2D eigenvalue weighted by molar-refractivity contribution is 5.46. The van der Waals surface area contributed by atoms with Crippen molar-refractivity contribution in [3.63, 3.8) is 0 Å². The van der Waals surface area contributed by atoms with Crippen LogP contribution in [0.4, 0.5) is 0 Å². The van der Waals surface area contributed by atoms with Crippen molar-refractivity contribution in [3.05, 3.63) is 46.0 Å². The molecule has 0 amide bonds. The van der Waals surface area contributed by atoms with E-state index in [0.717, 1.165) is 17.8 Å². The molecule has 37 heavy (non-hydrogen) atoms. The summed E-state index contributed by atoms with van der Waals surface area (Å²) in [5, 5.41) is 0. The molecule has 0 heterocycles. The predicted octanol–water partition coefficient (Wildman–Crippen LogP) is 11.2. The molecule has 2 aliphatic rings. The second-order valence-electron chi connectivity index (χ2n) is 14.8. The Hall–Kier alpha value is -1.48. The van der Waals surface area contributed by atoms with Crippen LogP contribution in [-0.2, 0) is 11.8 Å². The van der Waals surface area contributed by atoms with Crippen molar-refractivity contribution in [3.8, 4) is 11.8 Å². The van der Waals surface area contributed by atoms with Gasteiger partial charge in [-0.25, -0.2) is 0 Å². The Bertz CT molecular complexity index is 942. The van der Waals surface area contributed by atoms with Crippen molar-refractivity contribution in [2.45, 2.75) is 151 Å². The summed E-state index contributed by atoms with van der Waals surface area (Å²) in [6.07, 6.45) is 19.5. The Morgan fingerprint density at radius 3 is 2.32 bits per heavy atom. The minimum atomic E-state index is 0.140. The predicted molar refractivity (Wildman–Crippen MR) is 164 cm³/mol. The van der Waals surface area contributed by atoms with Crippen molar-refractivity contribution in [2.75, 3.05) is 0 Å². The Labute approximate surface area is 231 Å². The van der Waals surface area contributed by atoms with Gasteiger partial charge in [0.25, 0.3) is 0 Å². The van der Waals surface area contributed by atoms with Gasteiger partial charge in [-0.1, -0.05) is 103 Å². The first-order valence-corrected chi connectivity index (χ1v) is 15.7. The maximum absolute atomic E-state index is 3.34. The van der Waals surface area contributed by atoms with Gasteiger partial charge in [0.15, 0.2) is 0 Å². The lowest BCUT2D eigenvalue weighted by Crippen LogP contribution is -2.15. The second kappa shape index (κ2) is 13.5. The molecule has 2 aliphatic carbocycles. The largest absolute Gasteiger partial charge is 0.101 e. The first kappa shape index (κ1) is 30.1. The van der Waals surface area contributed by atoms with Crippen LogP contribution in [-0.4, -0.2) is 0 Å². The topological polar surface area (TPSA) is 0 Å². The number of benzene rings is 1. The van der Waals surface area contributed by atoms with Crippen LogP contribution in [0, 0.1) is 35.0 Å². The van der Waals surface area contributed by atoms with Gasteiger partial charge in [-0.2, -0.15) is 0 Å². The highest BCUT2D eigenvalue weighted by atomic mass is 14.3. The van der Waals surface area contributed by atoms with Crippen LogP contribution in [0.2, 0.25) is 0 Å². The molecular weight excluding hydrogens is 444 g/mol. The van der Waals surface area contributed by atoms with Gasteiger partial charge >= 0.3 is 0 Å². The summed E-state index contributed by atoms with van der Waals surface area (Å²) in [7, 11) is 0. The summed E-state index contributed by atoms with van der Waals surface area (Å²) in [6.45, 7) is 18.6. The molecule has 0 N–H and O–H groups in total. The van der Waals surface area contributed by atoms with Gasteiger partial charge in [0.05, 0.1) is 0 Å². The van der Waals surface area contributed by atoms with Crippen molar-refractivity contribution < 1.29 is 0 Å². The average molecular weight is 503 g/mol. The number of hydrogen-bond acceptors (Lipinski definition) is 0. The quantitative estimate of drug-likeness (QED) is 0.169. The first-order valence-electron chi connectivity index (χ1n) is 15.7. The molecule has 3 atom stereocenters. The van der Waals surface area contributed by atoms with E-state index in [1.807, 2.05) is 18.1 Å². The fraction of sp³-hybridized carbons (Fsp3) is 0.730. The smallest absolute Gasteiger partial charge is 0.0282 e. The van der Waals surface area contributed by atoms with Crippen molar-refractivity contribution in [1.29, 1.82) is 0 Å². The van der Waals surface area contributed by atoms with Crippen molar-refractivity contribution in [1.82, 2.24) is 0 Å². The maximum Gasteiger partial charge on any atom is 0.0282 e. The molecule has 0 radical (unpaired) electrons. The Kier molecular flexibility index (Phi) is 11.0. The van der Waals surface area contributed by atoms with Crippen molar-refractivity contribution >= 4 is 0 Å². The van der Waals surface area contributed by atoms with E-state index in [4.69, 9.17) is 0 Å². The van der Waals surface area contributed by atoms with Gasteiger partial charge in [-0.05, 0) is 117 Å². The maximum atomic E-state index is 3.34. The summed E-state index contributed by atoms with van der Waals surface area (Å²) >= 11 is 0. The molecule has 3 unspecified atom stereocenters. The third-order valence-corrected chi connectivity index (χ3v) is 9.16. The van der Waals surface area contributed by atoms with Gasteiger partial charge in [0, 0.05) is 5.56 Å². The Morgan fingerprint density at radius 2 is 1.68 bits per heavy atom. The molecule has 0 bridgehead atoms. The molecule has 0 spiro atoms. The molecule has 2 saturated carbocycles. The summed E-state index contributed by atoms with van der Waals surface area (Å²) in [6, 6.07) is 7.10. The number of rotatable bonds is 10. The minimum Gasteiger partial charge on any atom is -0.101 e.